The molecule has 4 N–H and O–H groups in total. The van der Waals surface area contributed by atoms with Crippen LogP contribution in [0.2, 0.25) is 0 Å². The predicted octanol–water partition coefficient (Wildman–Crippen LogP) is 3.13. The van der Waals surface area contributed by atoms with Gasteiger partial charge in [-0.25, -0.2) is 14.8 Å². The zero-order valence-electron chi connectivity index (χ0n) is 26.2. The first kappa shape index (κ1) is 35.9. The molecule has 13 nitrogen and oxygen atoms in total. The van der Waals surface area contributed by atoms with Crippen molar-refractivity contribution in [3.8, 4) is 6.07 Å². The van der Waals surface area contributed by atoms with Crippen LogP contribution in [0.4, 0.5) is 24.8 Å². The van der Waals surface area contributed by atoms with E-state index in [9.17, 15) is 32.3 Å². The molecule has 2 amide bonds. The number of nitrogens with one attached hydrogen (secondary N) is 2. The molecule has 2 fully saturated rings. The molecule has 2 aliphatic rings. The van der Waals surface area contributed by atoms with Crippen molar-refractivity contribution >= 4 is 35.4 Å². The number of hydrogen-bond acceptors (Lipinski definition) is 9. The number of carboxylic acid groups (broad SMARTS) is 2. The van der Waals surface area contributed by atoms with Crippen LogP contribution < -0.4 is 20.4 Å². The van der Waals surface area contributed by atoms with Gasteiger partial charge in [0, 0.05) is 38.7 Å². The highest BCUT2D eigenvalue weighted by Crippen LogP contribution is 2.34. The van der Waals surface area contributed by atoms with E-state index < -0.39 is 48.4 Å². The number of rotatable bonds is 14. The van der Waals surface area contributed by atoms with Crippen molar-refractivity contribution in [3.63, 3.8) is 0 Å². The lowest BCUT2D eigenvalue weighted by Crippen LogP contribution is -2.44. The summed E-state index contributed by atoms with van der Waals surface area (Å²) >= 11 is 0. The lowest BCUT2D eigenvalue weighted by Gasteiger charge is -2.34. The molecular formula is C32H38F3N7O6. The number of carboxylic acids is 2. The zero-order chi connectivity index (χ0) is 34.8. The second kappa shape index (κ2) is 16.2. The van der Waals surface area contributed by atoms with Crippen molar-refractivity contribution in [1.29, 1.82) is 5.26 Å². The van der Waals surface area contributed by atoms with Gasteiger partial charge < -0.3 is 30.6 Å². The number of amides is 2. The summed E-state index contributed by atoms with van der Waals surface area (Å²) in [5.41, 5.74) is 1.47. The maximum Gasteiger partial charge on any atom is 0.451 e. The summed E-state index contributed by atoms with van der Waals surface area (Å²) in [4.78, 5) is 58.3. The third-order valence-corrected chi connectivity index (χ3v) is 8.57. The smallest absolute Gasteiger partial charge is 0.451 e. The molecule has 0 bridgehead atoms. The van der Waals surface area contributed by atoms with E-state index in [1.807, 2.05) is 6.07 Å². The molecule has 2 saturated heterocycles. The van der Waals surface area contributed by atoms with E-state index in [2.05, 4.69) is 20.6 Å². The van der Waals surface area contributed by atoms with Crippen LogP contribution in [-0.2, 0) is 31.8 Å². The summed E-state index contributed by atoms with van der Waals surface area (Å²) in [6, 6.07) is 8.35. The van der Waals surface area contributed by atoms with Crippen LogP contribution >= 0.6 is 0 Å². The molecular weight excluding hydrogens is 635 g/mol. The quantitative estimate of drug-likeness (QED) is 0.231. The molecule has 0 aliphatic carbocycles. The molecule has 48 heavy (non-hydrogen) atoms. The number of aliphatic carboxylic acids is 2. The molecule has 16 heteroatoms. The van der Waals surface area contributed by atoms with Crippen molar-refractivity contribution in [2.75, 3.05) is 36.0 Å². The van der Waals surface area contributed by atoms with Gasteiger partial charge in [-0.15, -0.1) is 0 Å². The van der Waals surface area contributed by atoms with E-state index in [0.29, 0.717) is 76.7 Å². The number of aromatic nitrogens is 2. The molecule has 2 aliphatic heterocycles. The minimum absolute atomic E-state index is 0.0217. The molecule has 3 heterocycles. The molecule has 1 aromatic carbocycles. The number of piperidine rings is 1. The fourth-order valence-corrected chi connectivity index (χ4v) is 6.01. The number of hydrogen-bond donors (Lipinski definition) is 4. The molecule has 0 saturated carbocycles. The molecule has 0 spiro atoms. The fraction of sp³-hybridized carbons (Fsp3) is 0.531. The highest BCUT2D eigenvalue weighted by atomic mass is 19.4. The Labute approximate surface area is 275 Å². The number of halogens is 3. The number of nitrogens with zero attached hydrogens (tertiary/aromatic N) is 5. The fourth-order valence-electron chi connectivity index (χ4n) is 6.01. The standard InChI is InChI=1S/C32H38F3N7O6/c33-32(34,35)31-39-25(41-15-11-20(12-16-41)3-1-5-27(43)38-23(30(47)48)17-28(44)45)18-26(40-31)42-14-2-4-24(42)29(46)37-13-10-21-6-8-22(19-36)9-7-21/h6-9,18,20,23-24H,1-5,10-17H2,(H,37,46)(H,38,43)(H,44,45)(H,47,48)/t23-,24+/m1/s1. The Kier molecular flexibility index (Phi) is 12.2. The van der Waals surface area contributed by atoms with Crippen LogP contribution in [0, 0.1) is 17.2 Å². The normalized spacial score (nSPS) is 17.4. The van der Waals surface area contributed by atoms with Crippen LogP contribution in [0.25, 0.3) is 0 Å². The van der Waals surface area contributed by atoms with E-state index in [1.165, 1.54) is 6.07 Å². The van der Waals surface area contributed by atoms with Gasteiger partial charge in [-0.1, -0.05) is 12.1 Å². The summed E-state index contributed by atoms with van der Waals surface area (Å²) in [6.45, 7) is 1.53. The van der Waals surface area contributed by atoms with Crippen LogP contribution in [0.15, 0.2) is 30.3 Å². The van der Waals surface area contributed by atoms with Crippen molar-refractivity contribution in [2.45, 2.75) is 76.0 Å². The first-order chi connectivity index (χ1) is 22.8. The Morgan fingerprint density at radius 1 is 1.02 bits per heavy atom. The number of carbonyl (C=O) groups is 4. The average molecular weight is 674 g/mol. The maximum absolute atomic E-state index is 13.9. The van der Waals surface area contributed by atoms with E-state index >= 15 is 0 Å². The van der Waals surface area contributed by atoms with Gasteiger partial charge in [0.25, 0.3) is 0 Å². The highest BCUT2D eigenvalue weighted by Gasteiger charge is 2.39. The Morgan fingerprint density at radius 3 is 2.33 bits per heavy atom. The second-order valence-corrected chi connectivity index (χ2v) is 12.0. The number of benzene rings is 1. The van der Waals surface area contributed by atoms with Gasteiger partial charge in [-0.2, -0.15) is 18.4 Å². The molecule has 4 rings (SSSR count). The average Bonchev–Trinajstić information content (AvgIpc) is 3.55. The Hall–Kier alpha value is -4.94. The first-order valence-electron chi connectivity index (χ1n) is 15.8. The topological polar surface area (TPSA) is 189 Å². The molecule has 2 atom stereocenters. The summed E-state index contributed by atoms with van der Waals surface area (Å²) in [5.74, 6) is -4.58. The largest absolute Gasteiger partial charge is 0.481 e. The number of anilines is 2. The van der Waals surface area contributed by atoms with Gasteiger partial charge >= 0.3 is 18.1 Å². The van der Waals surface area contributed by atoms with Crippen molar-refractivity contribution in [2.24, 2.45) is 5.92 Å². The number of nitriles is 1. The molecule has 1 aromatic heterocycles. The van der Waals surface area contributed by atoms with Gasteiger partial charge in [0.1, 0.15) is 23.7 Å². The summed E-state index contributed by atoms with van der Waals surface area (Å²) < 4.78 is 41.8. The minimum Gasteiger partial charge on any atom is -0.481 e. The molecule has 0 radical (unpaired) electrons. The minimum atomic E-state index is -4.80. The van der Waals surface area contributed by atoms with Crippen LogP contribution in [0.1, 0.15) is 68.3 Å². The van der Waals surface area contributed by atoms with Crippen molar-refractivity contribution in [1.82, 2.24) is 20.6 Å². The van der Waals surface area contributed by atoms with Crippen LogP contribution in [-0.4, -0.2) is 82.2 Å². The van der Waals surface area contributed by atoms with Crippen LogP contribution in [0.5, 0.6) is 0 Å². The summed E-state index contributed by atoms with van der Waals surface area (Å²) in [6.07, 6.45) is -1.57. The number of carbonyl (C=O) groups excluding carboxylic acids is 2. The highest BCUT2D eigenvalue weighted by molar-refractivity contribution is 5.87. The summed E-state index contributed by atoms with van der Waals surface area (Å²) in [5, 5.41) is 32.0. The van der Waals surface area contributed by atoms with Gasteiger partial charge in [0.15, 0.2) is 0 Å². The Morgan fingerprint density at radius 2 is 1.71 bits per heavy atom. The summed E-state index contributed by atoms with van der Waals surface area (Å²) in [7, 11) is 0. The van der Waals surface area contributed by atoms with Gasteiger partial charge in [-0.05, 0) is 68.6 Å². The lowest BCUT2D eigenvalue weighted by atomic mass is 9.91. The zero-order valence-corrected chi connectivity index (χ0v) is 26.2. The molecule has 258 valence electrons. The third-order valence-electron chi connectivity index (χ3n) is 8.57. The van der Waals surface area contributed by atoms with E-state index in [1.54, 1.807) is 34.1 Å². The SMILES string of the molecule is N#Cc1ccc(CCNC(=O)[C@@H]2CCCN2c2cc(N3CCC(CCCC(=O)N[C@H](CC(=O)O)C(=O)O)CC3)nc(C(F)(F)F)n2)cc1. The monoisotopic (exact) mass is 673 g/mol. The van der Waals surface area contributed by atoms with E-state index in [-0.39, 0.29) is 29.9 Å². The third kappa shape index (κ3) is 10.0. The Balaban J connectivity index is 1.33. The molecule has 0 unspecified atom stereocenters. The maximum atomic E-state index is 13.9. The van der Waals surface area contributed by atoms with Crippen molar-refractivity contribution in [3.05, 3.63) is 47.3 Å². The van der Waals surface area contributed by atoms with E-state index in [4.69, 9.17) is 15.5 Å². The van der Waals surface area contributed by atoms with Gasteiger partial charge in [0.2, 0.25) is 17.6 Å². The van der Waals surface area contributed by atoms with Crippen LogP contribution in [0.3, 0.4) is 0 Å². The Bertz CT molecular complexity index is 1510. The van der Waals surface area contributed by atoms with E-state index in [0.717, 1.165) is 5.56 Å². The first-order valence-corrected chi connectivity index (χ1v) is 15.8. The number of alkyl halides is 3. The molecule has 2 aromatic rings. The second-order valence-electron chi connectivity index (χ2n) is 12.0. The lowest BCUT2D eigenvalue weighted by molar-refractivity contribution is -0.147. The predicted molar refractivity (Wildman–Crippen MR) is 166 cm³/mol. The van der Waals surface area contributed by atoms with Gasteiger partial charge in [0.05, 0.1) is 18.1 Å². The van der Waals surface area contributed by atoms with Gasteiger partial charge in [-0.3, -0.25) is 14.4 Å². The van der Waals surface area contributed by atoms with Crippen molar-refractivity contribution < 1.29 is 42.6 Å².